The van der Waals surface area contributed by atoms with E-state index in [0.717, 1.165) is 13.1 Å². The number of aryl methyl sites for hydroxylation is 1. The first kappa shape index (κ1) is 12.8. The van der Waals surface area contributed by atoms with Gasteiger partial charge in [0, 0.05) is 24.2 Å². The molecule has 0 radical (unpaired) electrons. The van der Waals surface area contributed by atoms with Crippen molar-refractivity contribution in [2.75, 3.05) is 6.54 Å². The Morgan fingerprint density at radius 2 is 2.37 bits per heavy atom. The van der Waals surface area contributed by atoms with Gasteiger partial charge in [-0.2, -0.15) is 5.10 Å². The molecule has 0 amide bonds. The first-order valence-corrected chi connectivity index (χ1v) is 7.86. The Labute approximate surface area is 118 Å². The van der Waals surface area contributed by atoms with Crippen LogP contribution in [0.2, 0.25) is 0 Å². The summed E-state index contributed by atoms with van der Waals surface area (Å²) >= 11 is 1.68. The lowest BCUT2D eigenvalue weighted by Crippen LogP contribution is -2.41. The minimum atomic E-state index is 0.592. The lowest BCUT2D eigenvalue weighted by Gasteiger charge is -2.35. The van der Waals surface area contributed by atoms with Gasteiger partial charge in [-0.1, -0.05) is 6.42 Å². The molecule has 2 aromatic rings. The number of likely N-dealkylation sites (tertiary alicyclic amines) is 1. The number of hydrogen-bond donors (Lipinski definition) is 0. The first-order valence-electron chi connectivity index (χ1n) is 6.91. The smallest absolute Gasteiger partial charge is 0.0795 e. The molecule has 102 valence electrons. The quantitative estimate of drug-likeness (QED) is 0.861. The van der Waals surface area contributed by atoms with Crippen molar-refractivity contribution in [2.45, 2.75) is 45.3 Å². The molecule has 4 nitrogen and oxygen atoms in total. The normalized spacial score (nSPS) is 20.8. The first-order chi connectivity index (χ1) is 9.31. The molecule has 1 aliphatic heterocycles. The van der Waals surface area contributed by atoms with E-state index in [0.29, 0.717) is 6.04 Å². The fourth-order valence-electron chi connectivity index (χ4n) is 2.78. The molecule has 19 heavy (non-hydrogen) atoms. The molecule has 1 aliphatic rings. The molecule has 3 heterocycles. The van der Waals surface area contributed by atoms with Gasteiger partial charge < -0.3 is 0 Å². The number of aromatic nitrogens is 3. The lowest BCUT2D eigenvalue weighted by atomic mass is 10.0. The van der Waals surface area contributed by atoms with E-state index in [1.807, 2.05) is 11.7 Å². The molecular formula is C14H20N4S. The van der Waals surface area contributed by atoms with Crippen molar-refractivity contribution in [1.29, 1.82) is 0 Å². The van der Waals surface area contributed by atoms with Gasteiger partial charge >= 0.3 is 0 Å². The van der Waals surface area contributed by atoms with Crippen LogP contribution in [0.25, 0.3) is 0 Å². The van der Waals surface area contributed by atoms with E-state index in [-0.39, 0.29) is 0 Å². The zero-order valence-electron chi connectivity index (χ0n) is 11.3. The van der Waals surface area contributed by atoms with E-state index in [1.54, 1.807) is 11.3 Å². The summed E-state index contributed by atoms with van der Waals surface area (Å²) in [5.41, 5.74) is 4.36. The van der Waals surface area contributed by atoms with Crippen molar-refractivity contribution in [3.05, 3.63) is 34.5 Å². The number of nitrogens with zero attached hydrogens (tertiary/aromatic N) is 4. The highest BCUT2D eigenvalue weighted by Crippen LogP contribution is 2.21. The summed E-state index contributed by atoms with van der Waals surface area (Å²) in [5, 5.41) is 6.57. The standard InChI is InChI=1S/C14H20N4S/c1-12-6-16-18(7-12)9-14-4-2-3-5-17(14)8-13-10-19-11-15-13/h6-7,10-11,14H,2-5,8-9H2,1H3/t14-/m0/s1. The third-order valence-electron chi connectivity index (χ3n) is 3.76. The van der Waals surface area contributed by atoms with Crippen molar-refractivity contribution >= 4 is 11.3 Å². The summed E-state index contributed by atoms with van der Waals surface area (Å²) in [7, 11) is 0. The van der Waals surface area contributed by atoms with E-state index in [4.69, 9.17) is 0 Å². The summed E-state index contributed by atoms with van der Waals surface area (Å²) in [4.78, 5) is 6.98. The largest absolute Gasteiger partial charge is 0.293 e. The summed E-state index contributed by atoms with van der Waals surface area (Å²) in [5.74, 6) is 0. The Bertz CT molecular complexity index is 505. The Kier molecular flexibility index (Phi) is 3.94. The Morgan fingerprint density at radius 3 is 3.11 bits per heavy atom. The minimum Gasteiger partial charge on any atom is -0.293 e. The van der Waals surface area contributed by atoms with E-state index in [1.165, 1.54) is 37.1 Å². The monoisotopic (exact) mass is 276 g/mol. The average molecular weight is 276 g/mol. The van der Waals surface area contributed by atoms with Crippen LogP contribution >= 0.6 is 11.3 Å². The van der Waals surface area contributed by atoms with Gasteiger partial charge in [0.2, 0.25) is 0 Å². The van der Waals surface area contributed by atoms with Crippen molar-refractivity contribution in [2.24, 2.45) is 0 Å². The second-order valence-electron chi connectivity index (χ2n) is 5.34. The third kappa shape index (κ3) is 3.22. The van der Waals surface area contributed by atoms with Gasteiger partial charge in [-0.05, 0) is 31.9 Å². The molecule has 0 aromatic carbocycles. The SMILES string of the molecule is Cc1cnn(C[C@@H]2CCCCN2Cc2cscn2)c1. The van der Waals surface area contributed by atoms with Crippen molar-refractivity contribution in [3.63, 3.8) is 0 Å². The summed E-state index contributed by atoms with van der Waals surface area (Å²) in [6, 6.07) is 0.592. The van der Waals surface area contributed by atoms with Crippen molar-refractivity contribution in [1.82, 2.24) is 19.7 Å². The molecule has 5 heteroatoms. The topological polar surface area (TPSA) is 34.0 Å². The van der Waals surface area contributed by atoms with Crippen LogP contribution in [0.4, 0.5) is 0 Å². The lowest BCUT2D eigenvalue weighted by molar-refractivity contribution is 0.120. The predicted octanol–water partition coefficient (Wildman–Crippen LogP) is 2.70. The molecule has 1 fully saturated rings. The zero-order chi connectivity index (χ0) is 13.1. The molecule has 0 aliphatic carbocycles. The average Bonchev–Trinajstić information content (AvgIpc) is 3.04. The van der Waals surface area contributed by atoms with Crippen LogP contribution in [-0.2, 0) is 13.1 Å². The van der Waals surface area contributed by atoms with Crippen LogP contribution in [0, 0.1) is 6.92 Å². The maximum Gasteiger partial charge on any atom is 0.0795 e. The highest BCUT2D eigenvalue weighted by molar-refractivity contribution is 7.07. The molecule has 0 spiro atoms. The van der Waals surface area contributed by atoms with Gasteiger partial charge in [0.05, 0.1) is 23.9 Å². The molecule has 0 bridgehead atoms. The number of piperidine rings is 1. The molecule has 2 aromatic heterocycles. The Balaban J connectivity index is 1.66. The predicted molar refractivity (Wildman–Crippen MR) is 77.1 cm³/mol. The fraction of sp³-hybridized carbons (Fsp3) is 0.571. The van der Waals surface area contributed by atoms with E-state index in [9.17, 15) is 0 Å². The zero-order valence-corrected chi connectivity index (χ0v) is 12.1. The Hall–Kier alpha value is -1.20. The van der Waals surface area contributed by atoms with Gasteiger partial charge in [0.15, 0.2) is 0 Å². The molecule has 1 atom stereocenters. The van der Waals surface area contributed by atoms with E-state index < -0.39 is 0 Å². The molecule has 0 saturated carbocycles. The van der Waals surface area contributed by atoms with Crippen LogP contribution in [0.1, 0.15) is 30.5 Å². The van der Waals surface area contributed by atoms with Crippen molar-refractivity contribution in [3.8, 4) is 0 Å². The molecular weight excluding hydrogens is 256 g/mol. The van der Waals surface area contributed by atoms with Gasteiger partial charge in [-0.3, -0.25) is 9.58 Å². The van der Waals surface area contributed by atoms with Crippen LogP contribution in [-0.4, -0.2) is 32.3 Å². The van der Waals surface area contributed by atoms with Crippen LogP contribution < -0.4 is 0 Å². The summed E-state index contributed by atoms with van der Waals surface area (Å²) in [6.45, 7) is 5.26. The third-order valence-corrected chi connectivity index (χ3v) is 4.39. The summed E-state index contributed by atoms with van der Waals surface area (Å²) in [6.07, 6.45) is 7.98. The molecule has 1 saturated heterocycles. The van der Waals surface area contributed by atoms with Gasteiger partial charge in [-0.25, -0.2) is 4.98 Å². The van der Waals surface area contributed by atoms with Gasteiger partial charge in [0.1, 0.15) is 0 Å². The minimum absolute atomic E-state index is 0.592. The fourth-order valence-corrected chi connectivity index (χ4v) is 3.33. The second-order valence-corrected chi connectivity index (χ2v) is 6.06. The number of thiazole rings is 1. The van der Waals surface area contributed by atoms with Crippen LogP contribution in [0.5, 0.6) is 0 Å². The van der Waals surface area contributed by atoms with Gasteiger partial charge in [-0.15, -0.1) is 11.3 Å². The molecule has 0 N–H and O–H groups in total. The molecule has 0 unspecified atom stereocenters. The highest BCUT2D eigenvalue weighted by atomic mass is 32.1. The van der Waals surface area contributed by atoms with E-state index >= 15 is 0 Å². The van der Waals surface area contributed by atoms with Crippen molar-refractivity contribution < 1.29 is 0 Å². The Morgan fingerprint density at radius 1 is 1.42 bits per heavy atom. The highest BCUT2D eigenvalue weighted by Gasteiger charge is 2.23. The van der Waals surface area contributed by atoms with Crippen LogP contribution in [0.3, 0.4) is 0 Å². The number of hydrogen-bond acceptors (Lipinski definition) is 4. The van der Waals surface area contributed by atoms with Gasteiger partial charge in [0.25, 0.3) is 0 Å². The molecule has 3 rings (SSSR count). The maximum absolute atomic E-state index is 4.42. The maximum atomic E-state index is 4.42. The number of rotatable bonds is 4. The second kappa shape index (κ2) is 5.84. The summed E-state index contributed by atoms with van der Waals surface area (Å²) < 4.78 is 2.08. The van der Waals surface area contributed by atoms with Crippen LogP contribution in [0.15, 0.2) is 23.3 Å². The van der Waals surface area contributed by atoms with E-state index in [2.05, 4.69) is 38.2 Å².